The molecule has 0 aliphatic carbocycles. The number of aliphatic hydroxyl groups is 1. The van der Waals surface area contributed by atoms with Gasteiger partial charge in [0.05, 0.1) is 12.2 Å². The van der Waals surface area contributed by atoms with Crippen LogP contribution in [0.4, 0.5) is 0 Å². The molecular weight excluding hydrogens is 216 g/mol. The van der Waals surface area contributed by atoms with E-state index in [1.54, 1.807) is 7.11 Å². The number of rotatable bonds is 2. The molecule has 2 unspecified atom stereocenters. The Morgan fingerprint density at radius 1 is 1.53 bits per heavy atom. The van der Waals surface area contributed by atoms with E-state index >= 15 is 0 Å². The van der Waals surface area contributed by atoms with Crippen molar-refractivity contribution in [2.75, 3.05) is 7.11 Å². The van der Waals surface area contributed by atoms with Gasteiger partial charge in [0.15, 0.2) is 0 Å². The largest absolute Gasteiger partial charge is 0.484 e. The number of hydrogen-bond donors (Lipinski definition) is 1. The van der Waals surface area contributed by atoms with Crippen molar-refractivity contribution < 1.29 is 14.6 Å². The van der Waals surface area contributed by atoms with Crippen LogP contribution in [0.5, 0.6) is 5.75 Å². The zero-order chi connectivity index (χ0) is 12.6. The SMILES string of the molecule is COC(C)C1(C)C[C@@H](O)c2cc(C)ccc2O1. The van der Waals surface area contributed by atoms with Gasteiger partial charge in [-0.05, 0) is 32.9 Å². The maximum absolute atomic E-state index is 10.2. The summed E-state index contributed by atoms with van der Waals surface area (Å²) in [7, 11) is 1.66. The molecular formula is C14H20O3. The predicted octanol–water partition coefficient (Wildman–Crippen LogP) is 2.60. The van der Waals surface area contributed by atoms with Crippen LogP contribution in [0, 0.1) is 6.92 Å². The highest BCUT2D eigenvalue weighted by atomic mass is 16.5. The first-order valence-electron chi connectivity index (χ1n) is 5.96. The third-order valence-electron chi connectivity index (χ3n) is 3.68. The maximum Gasteiger partial charge on any atom is 0.135 e. The molecule has 0 aromatic heterocycles. The molecule has 1 N–H and O–H groups in total. The van der Waals surface area contributed by atoms with Crippen molar-refractivity contribution in [2.24, 2.45) is 0 Å². The standard InChI is InChI=1S/C14H20O3/c1-9-5-6-13-11(7-9)12(15)8-14(3,17-13)10(2)16-4/h5-7,10,12,15H,8H2,1-4H3/t10?,12-,14?/m1/s1. The van der Waals surface area contributed by atoms with Crippen LogP contribution in [0.2, 0.25) is 0 Å². The van der Waals surface area contributed by atoms with Crippen LogP contribution in [0.1, 0.15) is 37.5 Å². The summed E-state index contributed by atoms with van der Waals surface area (Å²) in [6, 6.07) is 5.90. The van der Waals surface area contributed by atoms with E-state index in [0.717, 1.165) is 16.9 Å². The smallest absolute Gasteiger partial charge is 0.135 e. The lowest BCUT2D eigenvalue weighted by Gasteiger charge is -2.41. The highest BCUT2D eigenvalue weighted by Crippen LogP contribution is 2.41. The topological polar surface area (TPSA) is 38.7 Å². The van der Waals surface area contributed by atoms with Gasteiger partial charge in [-0.2, -0.15) is 0 Å². The Morgan fingerprint density at radius 3 is 2.88 bits per heavy atom. The van der Waals surface area contributed by atoms with Crippen molar-refractivity contribution in [2.45, 2.75) is 45.0 Å². The number of ether oxygens (including phenoxy) is 2. The lowest BCUT2D eigenvalue weighted by atomic mass is 9.86. The lowest BCUT2D eigenvalue weighted by Crippen LogP contribution is -2.47. The summed E-state index contributed by atoms with van der Waals surface area (Å²) in [5.41, 5.74) is 1.54. The van der Waals surface area contributed by atoms with Gasteiger partial charge < -0.3 is 14.6 Å². The van der Waals surface area contributed by atoms with Crippen molar-refractivity contribution in [1.82, 2.24) is 0 Å². The third-order valence-corrected chi connectivity index (χ3v) is 3.68. The van der Waals surface area contributed by atoms with Gasteiger partial charge in [-0.3, -0.25) is 0 Å². The molecule has 0 fully saturated rings. The Labute approximate surface area is 102 Å². The zero-order valence-corrected chi connectivity index (χ0v) is 10.9. The van der Waals surface area contributed by atoms with E-state index in [2.05, 4.69) is 0 Å². The van der Waals surface area contributed by atoms with Gasteiger partial charge in [-0.25, -0.2) is 0 Å². The summed E-state index contributed by atoms with van der Waals surface area (Å²) in [6.07, 6.45) is 0.00574. The van der Waals surface area contributed by atoms with E-state index in [1.165, 1.54) is 0 Å². The van der Waals surface area contributed by atoms with E-state index in [9.17, 15) is 5.11 Å². The fourth-order valence-electron chi connectivity index (χ4n) is 2.31. The Bertz CT molecular complexity index is 416. The Kier molecular flexibility index (Phi) is 3.15. The number of methoxy groups -OCH3 is 1. The summed E-state index contributed by atoms with van der Waals surface area (Å²) in [5, 5.41) is 10.2. The molecule has 0 saturated carbocycles. The minimum absolute atomic E-state index is 0.0633. The second-order valence-electron chi connectivity index (χ2n) is 5.05. The molecule has 1 aliphatic heterocycles. The first-order valence-corrected chi connectivity index (χ1v) is 5.96. The quantitative estimate of drug-likeness (QED) is 0.857. The number of hydrogen-bond acceptors (Lipinski definition) is 3. The summed E-state index contributed by atoms with van der Waals surface area (Å²) < 4.78 is 11.4. The molecule has 2 rings (SSSR count). The molecule has 94 valence electrons. The average Bonchev–Trinajstić information content (AvgIpc) is 2.29. The number of aliphatic hydroxyl groups excluding tert-OH is 1. The highest BCUT2D eigenvalue weighted by molar-refractivity contribution is 5.40. The zero-order valence-electron chi connectivity index (χ0n) is 10.9. The fourth-order valence-corrected chi connectivity index (χ4v) is 2.31. The van der Waals surface area contributed by atoms with E-state index < -0.39 is 11.7 Å². The minimum Gasteiger partial charge on any atom is -0.484 e. The maximum atomic E-state index is 10.2. The van der Waals surface area contributed by atoms with Crippen LogP contribution in [-0.4, -0.2) is 23.9 Å². The molecule has 0 saturated heterocycles. The van der Waals surface area contributed by atoms with Crippen molar-refractivity contribution in [3.05, 3.63) is 29.3 Å². The number of aryl methyl sites for hydroxylation is 1. The van der Waals surface area contributed by atoms with Crippen LogP contribution in [-0.2, 0) is 4.74 Å². The normalized spacial score (nSPS) is 29.4. The molecule has 0 amide bonds. The number of benzene rings is 1. The van der Waals surface area contributed by atoms with E-state index in [-0.39, 0.29) is 6.10 Å². The van der Waals surface area contributed by atoms with Gasteiger partial charge in [0.25, 0.3) is 0 Å². The first-order chi connectivity index (χ1) is 7.96. The van der Waals surface area contributed by atoms with Crippen LogP contribution >= 0.6 is 0 Å². The molecule has 1 aliphatic rings. The van der Waals surface area contributed by atoms with Crippen molar-refractivity contribution in [3.63, 3.8) is 0 Å². The molecule has 0 bridgehead atoms. The first kappa shape index (κ1) is 12.4. The molecule has 0 radical (unpaired) electrons. The Morgan fingerprint density at radius 2 is 2.24 bits per heavy atom. The van der Waals surface area contributed by atoms with E-state index in [0.29, 0.717) is 6.42 Å². The van der Waals surface area contributed by atoms with Gasteiger partial charge in [0.2, 0.25) is 0 Å². The van der Waals surface area contributed by atoms with Crippen LogP contribution in [0.15, 0.2) is 18.2 Å². The molecule has 1 heterocycles. The Balaban J connectivity index is 2.36. The van der Waals surface area contributed by atoms with Gasteiger partial charge in [-0.15, -0.1) is 0 Å². The molecule has 17 heavy (non-hydrogen) atoms. The van der Waals surface area contributed by atoms with Gasteiger partial charge in [0.1, 0.15) is 11.4 Å². The third kappa shape index (κ3) is 2.17. The Hall–Kier alpha value is -1.06. The summed E-state index contributed by atoms with van der Waals surface area (Å²) in [5.74, 6) is 0.765. The van der Waals surface area contributed by atoms with Crippen molar-refractivity contribution >= 4 is 0 Å². The minimum atomic E-state index is -0.485. The average molecular weight is 236 g/mol. The molecule has 1 aromatic rings. The highest BCUT2D eigenvalue weighted by Gasteiger charge is 2.41. The molecule has 1 aromatic carbocycles. The molecule has 3 atom stereocenters. The molecule has 3 heteroatoms. The van der Waals surface area contributed by atoms with E-state index in [4.69, 9.17) is 9.47 Å². The van der Waals surface area contributed by atoms with Crippen LogP contribution in [0.3, 0.4) is 0 Å². The second-order valence-corrected chi connectivity index (χ2v) is 5.05. The summed E-state index contributed by atoms with van der Waals surface area (Å²) in [6.45, 7) is 5.96. The van der Waals surface area contributed by atoms with Crippen LogP contribution in [0.25, 0.3) is 0 Å². The molecule has 0 spiro atoms. The van der Waals surface area contributed by atoms with Gasteiger partial charge in [-0.1, -0.05) is 11.6 Å². The van der Waals surface area contributed by atoms with Crippen molar-refractivity contribution in [3.8, 4) is 5.75 Å². The second kappa shape index (κ2) is 4.31. The number of fused-ring (bicyclic) bond motifs is 1. The predicted molar refractivity (Wildman–Crippen MR) is 66.3 cm³/mol. The molecule has 3 nitrogen and oxygen atoms in total. The van der Waals surface area contributed by atoms with Gasteiger partial charge in [0, 0.05) is 19.1 Å². The van der Waals surface area contributed by atoms with Gasteiger partial charge >= 0.3 is 0 Å². The lowest BCUT2D eigenvalue weighted by molar-refractivity contribution is -0.0919. The monoisotopic (exact) mass is 236 g/mol. The van der Waals surface area contributed by atoms with E-state index in [1.807, 2.05) is 39.0 Å². The summed E-state index contributed by atoms with van der Waals surface area (Å²) in [4.78, 5) is 0. The fraction of sp³-hybridized carbons (Fsp3) is 0.571. The van der Waals surface area contributed by atoms with Crippen LogP contribution < -0.4 is 4.74 Å². The summed E-state index contributed by atoms with van der Waals surface area (Å²) >= 11 is 0. The van der Waals surface area contributed by atoms with Crippen molar-refractivity contribution in [1.29, 1.82) is 0 Å².